The van der Waals surface area contributed by atoms with Gasteiger partial charge in [-0.15, -0.1) is 0 Å². The highest BCUT2D eigenvalue weighted by Crippen LogP contribution is 2.35. The number of ketones is 2. The highest BCUT2D eigenvalue weighted by molar-refractivity contribution is 6.30. The summed E-state index contributed by atoms with van der Waals surface area (Å²) in [5, 5.41) is 0.706. The summed E-state index contributed by atoms with van der Waals surface area (Å²) < 4.78 is 0. The summed E-state index contributed by atoms with van der Waals surface area (Å²) in [6.07, 6.45) is 5.74. The SMILES string of the molecule is O=C1C=CC(=O)[C@@H]2CC(Cl)=CC[C@H]12. The van der Waals surface area contributed by atoms with Gasteiger partial charge in [0.1, 0.15) is 0 Å². The Morgan fingerprint density at radius 3 is 2.46 bits per heavy atom. The van der Waals surface area contributed by atoms with Crippen LogP contribution in [0.3, 0.4) is 0 Å². The Morgan fingerprint density at radius 1 is 1.15 bits per heavy atom. The van der Waals surface area contributed by atoms with Gasteiger partial charge < -0.3 is 0 Å². The lowest BCUT2D eigenvalue weighted by Crippen LogP contribution is -2.33. The molecule has 0 amide bonds. The first-order valence-corrected chi connectivity index (χ1v) is 4.66. The third-order valence-corrected chi connectivity index (χ3v) is 2.95. The lowest BCUT2D eigenvalue weighted by atomic mass is 9.75. The quantitative estimate of drug-likeness (QED) is 0.593. The number of carbonyl (C=O) groups excluding carboxylic acids is 2. The number of halogens is 1. The first kappa shape index (κ1) is 8.70. The van der Waals surface area contributed by atoms with E-state index < -0.39 is 0 Å². The van der Waals surface area contributed by atoms with Gasteiger partial charge in [-0.1, -0.05) is 17.7 Å². The molecule has 2 aliphatic carbocycles. The van der Waals surface area contributed by atoms with Crippen LogP contribution in [0.5, 0.6) is 0 Å². The van der Waals surface area contributed by atoms with E-state index in [-0.39, 0.29) is 23.4 Å². The minimum absolute atomic E-state index is 0.0378. The molecule has 0 N–H and O–H groups in total. The van der Waals surface area contributed by atoms with Crippen LogP contribution in [0.4, 0.5) is 0 Å². The maximum absolute atomic E-state index is 11.4. The highest BCUT2D eigenvalue weighted by Gasteiger charge is 2.36. The minimum atomic E-state index is -0.199. The second kappa shape index (κ2) is 3.11. The fourth-order valence-corrected chi connectivity index (χ4v) is 2.13. The van der Waals surface area contributed by atoms with Gasteiger partial charge in [0.05, 0.1) is 0 Å². The molecule has 0 aromatic heterocycles. The molecule has 0 aliphatic heterocycles. The molecule has 0 bridgehead atoms. The van der Waals surface area contributed by atoms with Crippen LogP contribution in [-0.2, 0) is 9.59 Å². The van der Waals surface area contributed by atoms with Gasteiger partial charge in [-0.25, -0.2) is 0 Å². The maximum atomic E-state index is 11.4. The number of fused-ring (bicyclic) bond motifs is 1. The van der Waals surface area contributed by atoms with Crippen LogP contribution in [-0.4, -0.2) is 11.6 Å². The monoisotopic (exact) mass is 196 g/mol. The molecule has 2 atom stereocenters. The fraction of sp³-hybridized carbons (Fsp3) is 0.400. The molecule has 0 radical (unpaired) electrons. The van der Waals surface area contributed by atoms with Gasteiger partial charge in [-0.3, -0.25) is 9.59 Å². The van der Waals surface area contributed by atoms with Crippen molar-refractivity contribution in [3.05, 3.63) is 23.3 Å². The van der Waals surface area contributed by atoms with Crippen molar-refractivity contribution >= 4 is 23.2 Å². The van der Waals surface area contributed by atoms with Crippen molar-refractivity contribution in [2.75, 3.05) is 0 Å². The summed E-state index contributed by atoms with van der Waals surface area (Å²) >= 11 is 5.82. The maximum Gasteiger partial charge on any atom is 0.159 e. The van der Waals surface area contributed by atoms with E-state index in [0.29, 0.717) is 17.9 Å². The van der Waals surface area contributed by atoms with E-state index in [0.717, 1.165) is 0 Å². The predicted octanol–water partition coefficient (Wildman–Crippen LogP) is 1.84. The molecule has 68 valence electrons. The summed E-state index contributed by atoms with van der Waals surface area (Å²) in [5.74, 6) is -0.254. The summed E-state index contributed by atoms with van der Waals surface area (Å²) in [6, 6.07) is 0. The fourth-order valence-electron chi connectivity index (χ4n) is 1.88. The van der Waals surface area contributed by atoms with Crippen molar-refractivity contribution < 1.29 is 9.59 Å². The van der Waals surface area contributed by atoms with Gasteiger partial charge in [0.15, 0.2) is 11.6 Å². The van der Waals surface area contributed by atoms with E-state index in [1.165, 1.54) is 12.2 Å². The van der Waals surface area contributed by atoms with Gasteiger partial charge in [-0.05, 0) is 25.0 Å². The van der Waals surface area contributed by atoms with E-state index in [9.17, 15) is 9.59 Å². The van der Waals surface area contributed by atoms with Crippen LogP contribution < -0.4 is 0 Å². The van der Waals surface area contributed by atoms with Crippen LogP contribution in [0.15, 0.2) is 23.3 Å². The Hall–Kier alpha value is -0.890. The van der Waals surface area contributed by atoms with Crippen LogP contribution in [0.2, 0.25) is 0 Å². The van der Waals surface area contributed by atoms with Crippen molar-refractivity contribution in [3.8, 4) is 0 Å². The second-order valence-corrected chi connectivity index (χ2v) is 3.93. The summed E-state index contributed by atoms with van der Waals surface area (Å²) in [6.45, 7) is 0. The topological polar surface area (TPSA) is 34.1 Å². The lowest BCUT2D eigenvalue weighted by Gasteiger charge is -2.28. The van der Waals surface area contributed by atoms with Gasteiger partial charge in [-0.2, -0.15) is 0 Å². The molecule has 0 saturated carbocycles. The lowest BCUT2D eigenvalue weighted by molar-refractivity contribution is -0.129. The minimum Gasteiger partial charge on any atom is -0.295 e. The number of carbonyl (C=O) groups is 2. The predicted molar refractivity (Wildman–Crippen MR) is 49.3 cm³/mol. The molecule has 0 spiro atoms. The smallest absolute Gasteiger partial charge is 0.159 e. The molecule has 0 unspecified atom stereocenters. The molecule has 3 heteroatoms. The van der Waals surface area contributed by atoms with E-state index in [1.54, 1.807) is 0 Å². The Bertz CT molecular complexity index is 328. The standard InChI is InChI=1S/C10H9ClO2/c11-6-1-2-7-8(5-6)10(13)4-3-9(7)12/h1,3-4,7-8H,2,5H2/t7-,8+/m0/s1. The number of hydrogen-bond donors (Lipinski definition) is 0. The molecule has 2 rings (SSSR count). The van der Waals surface area contributed by atoms with Gasteiger partial charge in [0.2, 0.25) is 0 Å². The van der Waals surface area contributed by atoms with E-state index >= 15 is 0 Å². The van der Waals surface area contributed by atoms with Crippen LogP contribution >= 0.6 is 11.6 Å². The Kier molecular flexibility index (Phi) is 2.08. The first-order valence-electron chi connectivity index (χ1n) is 4.29. The Labute approximate surface area is 81.3 Å². The molecule has 13 heavy (non-hydrogen) atoms. The van der Waals surface area contributed by atoms with E-state index in [1.807, 2.05) is 6.08 Å². The Morgan fingerprint density at radius 2 is 1.77 bits per heavy atom. The average Bonchev–Trinajstić information content (AvgIpc) is 2.12. The van der Waals surface area contributed by atoms with Crippen molar-refractivity contribution in [2.24, 2.45) is 11.8 Å². The highest BCUT2D eigenvalue weighted by atomic mass is 35.5. The van der Waals surface area contributed by atoms with Crippen molar-refractivity contribution in [2.45, 2.75) is 12.8 Å². The van der Waals surface area contributed by atoms with Gasteiger partial charge in [0.25, 0.3) is 0 Å². The molecular formula is C10H9ClO2. The molecule has 0 aromatic carbocycles. The van der Waals surface area contributed by atoms with Crippen molar-refractivity contribution in [1.29, 1.82) is 0 Å². The van der Waals surface area contributed by atoms with Crippen molar-refractivity contribution in [1.82, 2.24) is 0 Å². The zero-order chi connectivity index (χ0) is 9.42. The molecule has 0 fully saturated rings. The summed E-state index contributed by atoms with van der Waals surface area (Å²) in [5.41, 5.74) is 0. The number of allylic oxidation sites excluding steroid dienone is 4. The molecule has 2 nitrogen and oxygen atoms in total. The largest absolute Gasteiger partial charge is 0.295 e. The molecule has 0 heterocycles. The number of rotatable bonds is 0. The normalized spacial score (nSPS) is 32.8. The van der Waals surface area contributed by atoms with Gasteiger partial charge >= 0.3 is 0 Å². The molecule has 2 aliphatic rings. The summed E-state index contributed by atoms with van der Waals surface area (Å²) in [7, 11) is 0. The van der Waals surface area contributed by atoms with E-state index in [2.05, 4.69) is 0 Å². The van der Waals surface area contributed by atoms with Crippen LogP contribution in [0.25, 0.3) is 0 Å². The molecule has 0 saturated heterocycles. The summed E-state index contributed by atoms with van der Waals surface area (Å²) in [4.78, 5) is 22.8. The average molecular weight is 197 g/mol. The Balaban J connectivity index is 2.32. The third-order valence-electron chi connectivity index (χ3n) is 2.64. The van der Waals surface area contributed by atoms with Crippen molar-refractivity contribution in [3.63, 3.8) is 0 Å². The van der Waals surface area contributed by atoms with E-state index in [4.69, 9.17) is 11.6 Å². The zero-order valence-corrected chi connectivity index (χ0v) is 7.75. The van der Waals surface area contributed by atoms with Gasteiger partial charge in [0, 0.05) is 16.9 Å². The zero-order valence-electron chi connectivity index (χ0n) is 7.00. The van der Waals surface area contributed by atoms with Crippen LogP contribution in [0, 0.1) is 11.8 Å². The first-order chi connectivity index (χ1) is 6.18. The second-order valence-electron chi connectivity index (χ2n) is 3.44. The third kappa shape index (κ3) is 1.46. The molecular weight excluding hydrogens is 188 g/mol. The molecule has 0 aromatic rings. The number of hydrogen-bond acceptors (Lipinski definition) is 2. The van der Waals surface area contributed by atoms with Crippen LogP contribution in [0.1, 0.15) is 12.8 Å².